The van der Waals surface area contributed by atoms with E-state index in [0.717, 1.165) is 24.9 Å². The number of imidazole rings is 1. The first-order valence-corrected chi connectivity index (χ1v) is 10.6. The van der Waals surface area contributed by atoms with Gasteiger partial charge < -0.3 is 28.7 Å². The van der Waals surface area contributed by atoms with Crippen LogP contribution < -0.4 is 19.5 Å². The summed E-state index contributed by atoms with van der Waals surface area (Å²) in [5.74, 6) is -1.51. The lowest BCUT2D eigenvalue weighted by Crippen LogP contribution is -2.16. The number of benzene rings is 2. The van der Waals surface area contributed by atoms with Crippen LogP contribution in [0.25, 0.3) is 5.65 Å². The van der Waals surface area contributed by atoms with Crippen LogP contribution in [0.15, 0.2) is 67.0 Å². The molecule has 9 nitrogen and oxygen atoms in total. The number of hydrogen-bond acceptors (Lipinski definition) is 7. The maximum Gasteiger partial charge on any atom is 0.387 e. The monoisotopic (exact) mass is 497 g/mol. The molecule has 0 saturated carbocycles. The van der Waals surface area contributed by atoms with E-state index in [0.29, 0.717) is 11.4 Å². The van der Waals surface area contributed by atoms with E-state index in [1.165, 1.54) is 19.2 Å². The van der Waals surface area contributed by atoms with E-state index in [2.05, 4.69) is 15.0 Å². The average Bonchev–Trinajstić information content (AvgIpc) is 3.30. The van der Waals surface area contributed by atoms with Crippen LogP contribution in [-0.2, 0) is 11.3 Å². The van der Waals surface area contributed by atoms with Gasteiger partial charge in [-0.1, -0.05) is 12.1 Å². The van der Waals surface area contributed by atoms with Crippen molar-refractivity contribution in [2.45, 2.75) is 13.2 Å². The largest absolute Gasteiger partial charge is 0.493 e. The molecule has 4 aromatic rings. The number of hydrogen-bond donors (Lipinski definition) is 1. The van der Waals surface area contributed by atoms with Crippen molar-refractivity contribution >= 4 is 23.2 Å². The Morgan fingerprint density at radius 3 is 2.61 bits per heavy atom. The lowest BCUT2D eigenvalue weighted by Gasteiger charge is -2.16. The number of rotatable bonds is 9. The van der Waals surface area contributed by atoms with Crippen LogP contribution in [-0.4, -0.2) is 42.1 Å². The molecule has 0 radical (unpaired) electrons. The number of methoxy groups -OCH3 is 2. The van der Waals surface area contributed by atoms with Crippen LogP contribution in [0.4, 0.5) is 14.5 Å². The molecule has 1 N–H and O–H groups in total. The van der Waals surface area contributed by atoms with Crippen LogP contribution in [0.2, 0.25) is 0 Å². The highest BCUT2D eigenvalue weighted by Gasteiger charge is 2.21. The van der Waals surface area contributed by atoms with Crippen molar-refractivity contribution < 1.29 is 37.3 Å². The van der Waals surface area contributed by atoms with E-state index in [1.807, 2.05) is 35.0 Å². The van der Waals surface area contributed by atoms with E-state index in [-0.39, 0.29) is 34.9 Å². The smallest absolute Gasteiger partial charge is 0.387 e. The number of halogens is 2. The van der Waals surface area contributed by atoms with E-state index in [4.69, 9.17) is 14.2 Å². The number of aromatic nitrogens is 2. The van der Waals surface area contributed by atoms with Crippen molar-refractivity contribution in [2.24, 2.45) is 0 Å². The molecule has 186 valence electrons. The zero-order valence-electron chi connectivity index (χ0n) is 19.2. The quantitative estimate of drug-likeness (QED) is 0.338. The van der Waals surface area contributed by atoms with E-state index in [1.54, 1.807) is 12.1 Å². The fourth-order valence-electron chi connectivity index (χ4n) is 3.43. The van der Waals surface area contributed by atoms with Gasteiger partial charge in [-0.05, 0) is 30.3 Å². The predicted molar refractivity (Wildman–Crippen MR) is 125 cm³/mol. The Labute approximate surface area is 204 Å². The average molecular weight is 497 g/mol. The van der Waals surface area contributed by atoms with Gasteiger partial charge in [-0.3, -0.25) is 4.79 Å². The first-order valence-electron chi connectivity index (χ1n) is 10.6. The molecule has 2 heterocycles. The first kappa shape index (κ1) is 24.5. The predicted octanol–water partition coefficient (Wildman–Crippen LogP) is 4.56. The van der Waals surface area contributed by atoms with Gasteiger partial charge in [0.25, 0.3) is 5.91 Å². The van der Waals surface area contributed by atoms with Gasteiger partial charge in [-0.2, -0.15) is 8.78 Å². The molecule has 2 aromatic carbocycles. The van der Waals surface area contributed by atoms with Gasteiger partial charge in [-0.25, -0.2) is 9.78 Å². The summed E-state index contributed by atoms with van der Waals surface area (Å²) in [4.78, 5) is 29.7. The third-order valence-electron chi connectivity index (χ3n) is 5.07. The molecule has 36 heavy (non-hydrogen) atoms. The number of esters is 1. The topological polar surface area (TPSA) is 100 Å². The van der Waals surface area contributed by atoms with E-state index in [9.17, 15) is 18.4 Å². The van der Waals surface area contributed by atoms with E-state index < -0.39 is 18.5 Å². The molecule has 1 amide bonds. The molecule has 0 spiro atoms. The lowest BCUT2D eigenvalue weighted by atomic mass is 10.1. The van der Waals surface area contributed by atoms with Crippen LogP contribution in [0.3, 0.4) is 0 Å². The molecule has 2 aromatic heterocycles. The van der Waals surface area contributed by atoms with Crippen molar-refractivity contribution in [2.75, 3.05) is 19.5 Å². The highest BCUT2D eigenvalue weighted by molar-refractivity contribution is 6.08. The van der Waals surface area contributed by atoms with Crippen molar-refractivity contribution in [3.05, 3.63) is 83.8 Å². The number of pyridine rings is 1. The Balaban J connectivity index is 1.54. The molecule has 0 fully saturated rings. The maximum atomic E-state index is 13.0. The molecule has 0 atom stereocenters. The first-order chi connectivity index (χ1) is 17.4. The van der Waals surface area contributed by atoms with Crippen LogP contribution >= 0.6 is 0 Å². The summed E-state index contributed by atoms with van der Waals surface area (Å²) in [6.45, 7) is -2.97. The molecule has 0 aliphatic carbocycles. The summed E-state index contributed by atoms with van der Waals surface area (Å²) >= 11 is 0. The Kier molecular flexibility index (Phi) is 7.28. The molecule has 0 bridgehead atoms. The number of fused-ring (bicyclic) bond motifs is 1. The second-order valence-electron chi connectivity index (χ2n) is 7.39. The minimum absolute atomic E-state index is 0.0979. The Morgan fingerprint density at radius 1 is 1.06 bits per heavy atom. The van der Waals surface area contributed by atoms with Gasteiger partial charge in [0.1, 0.15) is 18.0 Å². The van der Waals surface area contributed by atoms with Crippen molar-refractivity contribution in [3.8, 4) is 17.2 Å². The fourth-order valence-corrected chi connectivity index (χ4v) is 3.43. The summed E-state index contributed by atoms with van der Waals surface area (Å²) in [6, 6.07) is 14.2. The maximum absolute atomic E-state index is 13.0. The SMILES string of the molecule is COC(=O)c1cc(OC)c(OC(F)F)cc1NC(=O)c1cccc(OCc2cn3ccccc3n2)c1. The zero-order valence-corrected chi connectivity index (χ0v) is 19.2. The highest BCUT2D eigenvalue weighted by atomic mass is 19.3. The number of alkyl halides is 2. The number of nitrogens with one attached hydrogen (secondary N) is 1. The highest BCUT2D eigenvalue weighted by Crippen LogP contribution is 2.35. The second-order valence-corrected chi connectivity index (χ2v) is 7.39. The summed E-state index contributed by atoms with van der Waals surface area (Å²) in [6.07, 6.45) is 3.71. The standard InChI is InChI=1S/C25H21F2N3O6/c1-33-20-11-18(24(32)34-2)19(12-21(20)36-25(26)27)29-23(31)15-6-5-7-17(10-15)35-14-16-13-30-9-4-3-8-22(30)28-16/h3-13,25H,14H2,1-2H3,(H,29,31). The second kappa shape index (κ2) is 10.7. The minimum Gasteiger partial charge on any atom is -0.493 e. The summed E-state index contributed by atoms with van der Waals surface area (Å²) in [5.41, 5.74) is 1.47. The molecule has 11 heteroatoms. The van der Waals surface area contributed by atoms with Crippen molar-refractivity contribution in [1.29, 1.82) is 0 Å². The van der Waals surface area contributed by atoms with Gasteiger partial charge in [0.15, 0.2) is 11.5 Å². The summed E-state index contributed by atoms with van der Waals surface area (Å²) in [5, 5.41) is 2.53. The van der Waals surface area contributed by atoms with Gasteiger partial charge in [0, 0.05) is 30.1 Å². The van der Waals surface area contributed by atoms with Gasteiger partial charge >= 0.3 is 12.6 Å². The van der Waals surface area contributed by atoms with E-state index >= 15 is 0 Å². The van der Waals surface area contributed by atoms with Crippen LogP contribution in [0.1, 0.15) is 26.4 Å². The molecule has 4 rings (SSSR count). The minimum atomic E-state index is -3.15. The zero-order chi connectivity index (χ0) is 25.7. The molecule has 0 aliphatic heterocycles. The lowest BCUT2D eigenvalue weighted by molar-refractivity contribution is -0.0511. The molecule has 0 unspecified atom stereocenters. The molecule has 0 saturated heterocycles. The third kappa shape index (κ3) is 5.52. The van der Waals surface area contributed by atoms with Crippen LogP contribution in [0, 0.1) is 0 Å². The third-order valence-corrected chi connectivity index (χ3v) is 5.07. The van der Waals surface area contributed by atoms with Crippen molar-refractivity contribution in [1.82, 2.24) is 9.38 Å². The Morgan fingerprint density at radius 2 is 1.89 bits per heavy atom. The fraction of sp³-hybridized carbons (Fsp3) is 0.160. The molecule has 0 aliphatic rings. The Hall–Kier alpha value is -4.67. The normalized spacial score (nSPS) is 10.8. The molecular formula is C25H21F2N3O6. The van der Waals surface area contributed by atoms with Gasteiger partial charge in [0.05, 0.1) is 31.2 Å². The van der Waals surface area contributed by atoms with Crippen LogP contribution in [0.5, 0.6) is 17.2 Å². The van der Waals surface area contributed by atoms with Gasteiger partial charge in [0.2, 0.25) is 0 Å². The summed E-state index contributed by atoms with van der Waals surface area (Å²) in [7, 11) is 2.37. The number of nitrogens with zero attached hydrogens (tertiary/aromatic N) is 2. The summed E-state index contributed by atoms with van der Waals surface area (Å²) < 4.78 is 47.6. The number of anilines is 1. The number of amides is 1. The Bertz CT molecular complexity index is 1370. The van der Waals surface area contributed by atoms with Gasteiger partial charge in [-0.15, -0.1) is 0 Å². The number of ether oxygens (including phenoxy) is 4. The van der Waals surface area contributed by atoms with Crippen molar-refractivity contribution in [3.63, 3.8) is 0 Å². The molecular weight excluding hydrogens is 476 g/mol. The number of carbonyl (C=O) groups excluding carboxylic acids is 2. The number of carbonyl (C=O) groups is 2.